The highest BCUT2D eigenvalue weighted by molar-refractivity contribution is 8.13. The summed E-state index contributed by atoms with van der Waals surface area (Å²) in [5.41, 5.74) is 6.40. The van der Waals surface area contributed by atoms with E-state index in [0.717, 1.165) is 137 Å². The van der Waals surface area contributed by atoms with Gasteiger partial charge in [-0.15, -0.1) is 0 Å². The molecule has 0 saturated carbocycles. The number of hydrogen-bond donors (Lipinski definition) is 10. The van der Waals surface area contributed by atoms with Crippen molar-refractivity contribution in [3.8, 4) is 0 Å². The Labute approximate surface area is 727 Å². The van der Waals surface area contributed by atoms with Gasteiger partial charge in [0.15, 0.2) is 0 Å². The second kappa shape index (κ2) is 51.9. The van der Waals surface area contributed by atoms with Crippen LogP contribution in [0.2, 0.25) is 0 Å². The van der Waals surface area contributed by atoms with E-state index in [1.165, 1.54) is 0 Å². The molecule has 4 aromatic rings. The Bertz CT molecular complexity index is 3830. The average molecular weight is 1710 g/mol. The van der Waals surface area contributed by atoms with E-state index in [0.29, 0.717) is 80.4 Å². The van der Waals surface area contributed by atoms with E-state index in [4.69, 9.17) is 14.6 Å². The molecule has 118 heavy (non-hydrogen) atoms. The van der Waals surface area contributed by atoms with Crippen LogP contribution in [0.5, 0.6) is 0 Å². The Morgan fingerprint density at radius 1 is 0.559 bits per heavy atom. The van der Waals surface area contributed by atoms with Crippen LogP contribution in [0, 0.1) is 5.41 Å². The molecule has 0 aliphatic carbocycles. The number of aliphatic hydroxyl groups excluding tert-OH is 2. The van der Waals surface area contributed by atoms with Crippen molar-refractivity contribution in [2.45, 2.75) is 214 Å². The first-order chi connectivity index (χ1) is 55.1. The van der Waals surface area contributed by atoms with Gasteiger partial charge in [-0.3, -0.25) is 28.8 Å². The largest absolute Gasteiger partial charge is 0.449 e. The van der Waals surface area contributed by atoms with Crippen LogP contribution >= 0.6 is 48.8 Å². The molecule has 0 radical (unpaired) electrons. The van der Waals surface area contributed by atoms with Gasteiger partial charge < -0.3 is 71.2 Å². The number of thioether (sulfide) groups is 2. The lowest BCUT2D eigenvalue weighted by molar-refractivity contribution is -0.136. The summed E-state index contributed by atoms with van der Waals surface area (Å²) in [6.45, 7) is 52.2. The van der Waals surface area contributed by atoms with Crippen molar-refractivity contribution in [1.82, 2.24) is 51.5 Å². The Balaban J connectivity index is 0.000000646. The van der Waals surface area contributed by atoms with E-state index in [1.54, 1.807) is 18.0 Å². The Kier molecular flexibility index (Phi) is 46.9. The summed E-state index contributed by atoms with van der Waals surface area (Å²) in [6, 6.07) is 32.6. The number of carbonyl (C=O) groups excluding carboxylic acids is 8. The lowest BCUT2D eigenvalue weighted by Gasteiger charge is -2.45. The summed E-state index contributed by atoms with van der Waals surface area (Å²) in [5.74, 6) is 1.96. The molecule has 2 aliphatic rings. The van der Waals surface area contributed by atoms with Gasteiger partial charge >= 0.3 is 12.2 Å². The number of likely N-dealkylation sites (tertiary alicyclic amines) is 2. The van der Waals surface area contributed by atoms with Crippen molar-refractivity contribution in [3.63, 3.8) is 0 Å². The summed E-state index contributed by atoms with van der Waals surface area (Å²) in [4.78, 5) is 106. The number of benzene rings is 4. The number of allylic oxidation sites excluding steroid dienone is 2. The van der Waals surface area contributed by atoms with Crippen LogP contribution in [0.3, 0.4) is 0 Å². The number of hydrogen-bond acceptors (Lipinski definition) is 18. The van der Waals surface area contributed by atoms with Gasteiger partial charge in [0.05, 0.1) is 35.4 Å². The third-order valence-corrected chi connectivity index (χ3v) is 22.3. The standard InChI is InChI=1S/C47H75N5O6S2.2C15H21NO2S.C9H18N2O.C6H9NO/c1-12-38(52-24-15-21-39(52)54)31-46(8,40(55)48-22-16-23-51(10)11)33-47(9,37-20-14-19-36(30-37)45(6,7)50-42(57)60-28-25-53)32-43(2,3)34-17-13-18-35(29-34)44(4,5)49-41(56)58-26-27-59;1-11(2)12-6-5-7-13(10-12)15(3,4)16-14(17)18-8-9-19;1-11(2)12-6-5-7-13(10-12)15(3,4)16-14(18)19-9-8-17;1-8(2)9(12)10-6-5-7-11(3)4;1-2-7-5-3-4-6(7)8/h13-14,17-20,29-30,38,53,59H,12,15-16,21-28,31-33H2,1-11H3,(H,48,55)(H,49,56)(H,50,57);5-7,10,19H,1,8-9H2,2-4H3,(H,16,17);5-7,10,17H,1,8-9H2,2-4H3,(H,16,18);1,5-7H2,2-4H3,(H,10,12);2H,1,3-5H2. The monoisotopic (exact) mass is 1710 g/mol. The fourth-order valence-corrected chi connectivity index (χ4v) is 15.3. The molecular formula is C92H144N10O12S4. The van der Waals surface area contributed by atoms with E-state index in [1.807, 2.05) is 175 Å². The molecule has 2 saturated heterocycles. The Morgan fingerprint density at radius 3 is 1.33 bits per heavy atom. The smallest absolute Gasteiger partial charge is 0.407 e. The molecule has 2 aliphatic heterocycles. The van der Waals surface area contributed by atoms with Crippen molar-refractivity contribution in [3.05, 3.63) is 180 Å². The van der Waals surface area contributed by atoms with Gasteiger partial charge in [-0.25, -0.2) is 9.59 Å². The fraction of sp³-hybridized carbons (Fsp3) is 0.565. The highest BCUT2D eigenvalue weighted by Crippen LogP contribution is 2.49. The SMILES string of the molecule is C=C(C)C(=O)NCCCN(C)C.C=C(C)c1cccc(C(C)(C)NC(=O)OCCS)c1.C=C(C)c1cccc(C(C)(C)NC(=O)SCCO)c1.C=CN1CCCC1=O.CCC(CC(C)(CC(C)(CC(C)(C)c1cccc(C(C)(C)NC(=O)OCCS)c1)c1cccc(C(C)(C)NC(=O)SCCO)c1)C(=O)NCCCN(C)C)N1CCCC1=O. The van der Waals surface area contributed by atoms with E-state index in [-0.39, 0.29) is 60.0 Å². The quantitative estimate of drug-likeness (QED) is 0.0113. The molecule has 3 atom stereocenters. The maximum absolute atomic E-state index is 14.8. The minimum Gasteiger partial charge on any atom is -0.449 e. The van der Waals surface area contributed by atoms with Crippen LogP contribution in [0.1, 0.15) is 219 Å². The highest BCUT2D eigenvalue weighted by atomic mass is 32.2. The number of carbonyl (C=O) groups is 8. The zero-order valence-electron chi connectivity index (χ0n) is 74.7. The predicted molar refractivity (Wildman–Crippen MR) is 496 cm³/mol. The van der Waals surface area contributed by atoms with Gasteiger partial charge in [-0.2, -0.15) is 25.3 Å². The first-order valence-corrected chi connectivity index (χ1v) is 44.1. The summed E-state index contributed by atoms with van der Waals surface area (Å²) in [5, 5.41) is 35.8. The molecule has 658 valence electrons. The van der Waals surface area contributed by atoms with Crippen molar-refractivity contribution in [2.75, 3.05) is 117 Å². The van der Waals surface area contributed by atoms with Crippen LogP contribution in [0.15, 0.2) is 135 Å². The van der Waals surface area contributed by atoms with Gasteiger partial charge in [-0.1, -0.05) is 181 Å². The molecule has 2 heterocycles. The van der Waals surface area contributed by atoms with Gasteiger partial charge in [0.2, 0.25) is 23.6 Å². The molecule has 0 aromatic heterocycles. The number of ether oxygens (including phenoxy) is 2. The maximum atomic E-state index is 14.8. The number of amides is 8. The maximum Gasteiger partial charge on any atom is 0.407 e. The fourth-order valence-electron chi connectivity index (χ4n) is 13.9. The number of aliphatic hydroxyl groups is 2. The molecular weight excluding hydrogens is 1570 g/mol. The summed E-state index contributed by atoms with van der Waals surface area (Å²) >= 11 is 10.3. The second-order valence-corrected chi connectivity index (χ2v) is 37.1. The molecule has 0 spiro atoms. The molecule has 0 bridgehead atoms. The number of nitrogens with zero attached hydrogens (tertiary/aromatic N) is 4. The zero-order chi connectivity index (χ0) is 89.4. The second-order valence-electron chi connectivity index (χ2n) is 34.1. The van der Waals surface area contributed by atoms with Gasteiger partial charge in [-0.05, 0) is 242 Å². The van der Waals surface area contributed by atoms with E-state index < -0.39 is 50.6 Å². The van der Waals surface area contributed by atoms with Crippen LogP contribution in [0.25, 0.3) is 11.1 Å². The van der Waals surface area contributed by atoms with Gasteiger partial charge in [0.25, 0.3) is 10.5 Å². The third kappa shape index (κ3) is 38.0. The minimum atomic E-state index is -0.867. The molecule has 22 nitrogen and oxygen atoms in total. The summed E-state index contributed by atoms with van der Waals surface area (Å²) in [6.07, 6.45) is 7.91. The van der Waals surface area contributed by atoms with E-state index in [2.05, 4.69) is 152 Å². The number of alkyl carbamates (subject to hydrolysis) is 2. The average Bonchev–Trinajstić information content (AvgIpc) is 0.927. The van der Waals surface area contributed by atoms with Crippen molar-refractivity contribution in [1.29, 1.82) is 0 Å². The van der Waals surface area contributed by atoms with Gasteiger partial charge in [0, 0.05) is 79.1 Å². The Hall–Kier alpha value is -7.56. The molecule has 3 unspecified atom stereocenters. The van der Waals surface area contributed by atoms with Gasteiger partial charge in [0.1, 0.15) is 13.2 Å². The van der Waals surface area contributed by atoms with E-state index >= 15 is 0 Å². The minimum absolute atomic E-state index is 0.00363. The normalized spacial score (nSPS) is 14.2. The first kappa shape index (κ1) is 107. The summed E-state index contributed by atoms with van der Waals surface area (Å²) in [7, 11) is 8.08. The van der Waals surface area contributed by atoms with Crippen LogP contribution in [-0.2, 0) is 61.6 Å². The van der Waals surface area contributed by atoms with Crippen LogP contribution < -0.4 is 31.9 Å². The number of nitrogens with one attached hydrogen (secondary N) is 6. The van der Waals surface area contributed by atoms with Crippen LogP contribution in [0.4, 0.5) is 19.2 Å². The first-order valence-electron chi connectivity index (χ1n) is 40.8. The summed E-state index contributed by atoms with van der Waals surface area (Å²) < 4.78 is 10.3. The van der Waals surface area contributed by atoms with Crippen molar-refractivity contribution in [2.24, 2.45) is 5.41 Å². The molecule has 26 heteroatoms. The zero-order valence-corrected chi connectivity index (χ0v) is 78.1. The molecule has 2 fully saturated rings. The van der Waals surface area contributed by atoms with Crippen molar-refractivity contribution < 1.29 is 58.0 Å². The molecule has 6 rings (SSSR count). The van der Waals surface area contributed by atoms with Crippen LogP contribution in [-0.4, -0.2) is 199 Å². The van der Waals surface area contributed by atoms with Crippen molar-refractivity contribution >= 4 is 106 Å². The highest BCUT2D eigenvalue weighted by Gasteiger charge is 2.47. The molecule has 4 aromatic carbocycles. The number of thiol groups is 2. The lowest BCUT2D eigenvalue weighted by atomic mass is 9.60. The third-order valence-electron chi connectivity index (χ3n) is 20.5. The number of rotatable bonds is 39. The Morgan fingerprint density at radius 2 is 0.958 bits per heavy atom. The molecule has 8 amide bonds. The topological polar surface area (TPSA) is 281 Å². The molecule has 8 N–H and O–H groups in total. The predicted octanol–water partition coefficient (Wildman–Crippen LogP) is 16.5. The van der Waals surface area contributed by atoms with E-state index in [9.17, 15) is 43.5 Å². The lowest BCUT2D eigenvalue weighted by Crippen LogP contribution is -2.49.